The Kier molecular flexibility index (Phi) is 6.85. The molecule has 4 rings (SSSR count). The van der Waals surface area contributed by atoms with Gasteiger partial charge in [0, 0.05) is 25.8 Å². The Labute approximate surface area is 201 Å². The molecule has 0 bridgehead atoms. The molecule has 3 aromatic rings. The minimum Gasteiger partial charge on any atom is -0.369 e. The summed E-state index contributed by atoms with van der Waals surface area (Å²) in [5.41, 5.74) is 2.21. The normalized spacial score (nSPS) is 16.9. The molecule has 1 unspecified atom stereocenters. The molecule has 34 heavy (non-hydrogen) atoms. The van der Waals surface area contributed by atoms with Gasteiger partial charge in [-0.1, -0.05) is 26.3 Å². The van der Waals surface area contributed by atoms with E-state index in [9.17, 15) is 13.2 Å². The number of benzene rings is 2. The van der Waals surface area contributed by atoms with E-state index in [0.717, 1.165) is 49.9 Å². The second kappa shape index (κ2) is 9.53. The highest BCUT2D eigenvalue weighted by Crippen LogP contribution is 2.30. The first kappa shape index (κ1) is 24.5. The van der Waals surface area contributed by atoms with Crippen LogP contribution in [-0.4, -0.2) is 26.1 Å². The second-order valence-electron chi connectivity index (χ2n) is 9.63. The molecule has 1 saturated heterocycles. The van der Waals surface area contributed by atoms with E-state index in [1.54, 1.807) is 18.2 Å². The van der Waals surface area contributed by atoms with Gasteiger partial charge in [-0.05, 0) is 74.4 Å². The maximum absolute atomic E-state index is 15.3. The Morgan fingerprint density at radius 2 is 1.88 bits per heavy atom. The van der Waals surface area contributed by atoms with E-state index in [1.165, 1.54) is 18.3 Å². The van der Waals surface area contributed by atoms with E-state index in [-0.39, 0.29) is 15.2 Å². The van der Waals surface area contributed by atoms with Crippen molar-refractivity contribution in [2.75, 3.05) is 18.0 Å². The lowest BCUT2D eigenvalue weighted by atomic mass is 9.99. The molecule has 0 spiro atoms. The first-order valence-corrected chi connectivity index (χ1v) is 13.6. The Balaban J connectivity index is 1.93. The van der Waals surface area contributed by atoms with Crippen molar-refractivity contribution in [3.05, 3.63) is 63.7 Å². The summed E-state index contributed by atoms with van der Waals surface area (Å²) in [6.07, 6.45) is 5.28. The summed E-state index contributed by atoms with van der Waals surface area (Å²) < 4.78 is 44.1. The van der Waals surface area contributed by atoms with Crippen molar-refractivity contribution in [1.82, 2.24) is 4.57 Å². The summed E-state index contributed by atoms with van der Waals surface area (Å²) in [4.78, 5) is 15.3. The fraction of sp³-hybridized carbons (Fsp3) is 0.444. The summed E-state index contributed by atoms with van der Waals surface area (Å²) >= 11 is 0. The van der Waals surface area contributed by atoms with Crippen LogP contribution in [0.3, 0.4) is 0 Å². The van der Waals surface area contributed by atoms with Crippen LogP contribution in [0.2, 0.25) is 0 Å². The molecular formula is C27H33FN2O3S. The predicted molar refractivity (Wildman–Crippen MR) is 135 cm³/mol. The zero-order valence-electron chi connectivity index (χ0n) is 20.4. The molecule has 0 saturated carbocycles. The van der Waals surface area contributed by atoms with Crippen LogP contribution in [0.5, 0.6) is 0 Å². The van der Waals surface area contributed by atoms with Gasteiger partial charge in [-0.25, -0.2) is 12.8 Å². The zero-order valence-corrected chi connectivity index (χ0v) is 21.2. The van der Waals surface area contributed by atoms with Gasteiger partial charge in [0.1, 0.15) is 10.7 Å². The zero-order chi connectivity index (χ0) is 24.6. The lowest BCUT2D eigenvalue weighted by molar-refractivity contribution is 0.442. The van der Waals surface area contributed by atoms with Crippen LogP contribution in [0, 0.1) is 25.6 Å². The topological polar surface area (TPSA) is 59.4 Å². The van der Waals surface area contributed by atoms with Gasteiger partial charge in [0.15, 0.2) is 0 Å². The standard InChI is InChI=1S/C27H33FN2O3S/c1-5-6-11-30-17-26(34(32,33)21-10-9-19(3)20(4)13-21)27(31)22-14-23(28)25(15-24(22)30)29-12-7-8-18(2)16-29/h9-10,13-15,17-18H,5-8,11-12,16H2,1-4H3. The van der Waals surface area contributed by atoms with Crippen molar-refractivity contribution in [1.29, 1.82) is 0 Å². The summed E-state index contributed by atoms with van der Waals surface area (Å²) in [7, 11) is -4.06. The molecule has 1 aliphatic rings. The van der Waals surface area contributed by atoms with E-state index < -0.39 is 21.1 Å². The van der Waals surface area contributed by atoms with Gasteiger partial charge in [0.05, 0.1) is 21.5 Å². The van der Waals surface area contributed by atoms with E-state index in [2.05, 4.69) is 13.8 Å². The fourth-order valence-corrected chi connectivity index (χ4v) is 6.19. The van der Waals surface area contributed by atoms with Crippen LogP contribution in [0.1, 0.15) is 50.7 Å². The fourth-order valence-electron chi connectivity index (χ4n) is 4.74. The second-order valence-corrected chi connectivity index (χ2v) is 11.6. The monoisotopic (exact) mass is 484 g/mol. The van der Waals surface area contributed by atoms with Gasteiger partial charge in [-0.3, -0.25) is 4.79 Å². The average Bonchev–Trinajstić information content (AvgIpc) is 2.80. The molecule has 0 N–H and O–H groups in total. The number of aryl methyl sites for hydroxylation is 3. The van der Waals surface area contributed by atoms with Gasteiger partial charge in [0.2, 0.25) is 15.3 Å². The molecule has 5 nitrogen and oxygen atoms in total. The Bertz CT molecular complexity index is 1400. The van der Waals surface area contributed by atoms with Crippen LogP contribution < -0.4 is 10.3 Å². The lowest BCUT2D eigenvalue weighted by Gasteiger charge is -2.33. The van der Waals surface area contributed by atoms with E-state index in [0.29, 0.717) is 23.7 Å². The van der Waals surface area contributed by atoms with Crippen molar-refractivity contribution in [2.24, 2.45) is 5.92 Å². The summed E-state index contributed by atoms with van der Waals surface area (Å²) in [6.45, 7) is 10.0. The first-order chi connectivity index (χ1) is 16.1. The van der Waals surface area contributed by atoms with Crippen LogP contribution in [0.4, 0.5) is 10.1 Å². The minimum absolute atomic E-state index is 0.0773. The molecular weight excluding hydrogens is 451 g/mol. The van der Waals surface area contributed by atoms with Crippen LogP contribution >= 0.6 is 0 Å². The maximum atomic E-state index is 15.3. The highest BCUT2D eigenvalue weighted by atomic mass is 32.2. The van der Waals surface area contributed by atoms with Gasteiger partial charge < -0.3 is 9.47 Å². The molecule has 7 heteroatoms. The van der Waals surface area contributed by atoms with Crippen molar-refractivity contribution >= 4 is 26.4 Å². The van der Waals surface area contributed by atoms with Gasteiger partial charge in [0.25, 0.3) is 0 Å². The summed E-state index contributed by atoms with van der Waals surface area (Å²) in [5, 5.41) is 0.104. The highest BCUT2D eigenvalue weighted by Gasteiger charge is 2.26. The Morgan fingerprint density at radius 1 is 1.12 bits per heavy atom. The number of nitrogens with zero attached hydrogens (tertiary/aromatic N) is 2. The molecule has 1 atom stereocenters. The van der Waals surface area contributed by atoms with Crippen LogP contribution in [0.15, 0.2) is 51.1 Å². The molecule has 182 valence electrons. The molecule has 1 fully saturated rings. The number of pyridine rings is 1. The third-order valence-electron chi connectivity index (χ3n) is 6.94. The molecule has 0 radical (unpaired) electrons. The number of halogens is 1. The average molecular weight is 485 g/mol. The molecule has 0 aliphatic carbocycles. The number of anilines is 1. The molecule has 1 aromatic heterocycles. The number of aromatic nitrogens is 1. The van der Waals surface area contributed by atoms with Crippen molar-refractivity contribution < 1.29 is 12.8 Å². The molecule has 2 heterocycles. The van der Waals surface area contributed by atoms with Crippen molar-refractivity contribution in [3.63, 3.8) is 0 Å². The van der Waals surface area contributed by atoms with Gasteiger partial charge in [-0.2, -0.15) is 0 Å². The highest BCUT2D eigenvalue weighted by molar-refractivity contribution is 7.91. The van der Waals surface area contributed by atoms with Crippen LogP contribution in [0.25, 0.3) is 10.9 Å². The van der Waals surface area contributed by atoms with Gasteiger partial charge >= 0.3 is 0 Å². The molecule has 2 aromatic carbocycles. The lowest BCUT2D eigenvalue weighted by Crippen LogP contribution is -2.35. The number of fused-ring (bicyclic) bond motifs is 1. The van der Waals surface area contributed by atoms with Crippen molar-refractivity contribution in [2.45, 2.75) is 69.7 Å². The number of hydrogen-bond acceptors (Lipinski definition) is 4. The number of sulfone groups is 1. The Morgan fingerprint density at radius 3 is 2.56 bits per heavy atom. The third-order valence-corrected chi connectivity index (χ3v) is 8.69. The largest absolute Gasteiger partial charge is 0.369 e. The molecule has 1 aliphatic heterocycles. The summed E-state index contributed by atoms with van der Waals surface area (Å²) in [5.74, 6) is -0.0157. The van der Waals surface area contributed by atoms with Crippen molar-refractivity contribution in [3.8, 4) is 0 Å². The minimum atomic E-state index is -4.06. The Hall–Kier alpha value is -2.67. The van der Waals surface area contributed by atoms with Crippen LogP contribution in [-0.2, 0) is 16.4 Å². The number of hydrogen-bond donors (Lipinski definition) is 0. The number of rotatable bonds is 6. The quantitative estimate of drug-likeness (QED) is 0.455. The SMILES string of the molecule is CCCCn1cc(S(=O)(=O)c2ccc(C)c(C)c2)c(=O)c2cc(F)c(N3CCCC(C)C3)cc21. The van der Waals surface area contributed by atoms with Gasteiger partial charge in [-0.15, -0.1) is 0 Å². The summed E-state index contributed by atoms with van der Waals surface area (Å²) in [6, 6.07) is 7.82. The predicted octanol–water partition coefficient (Wildman–Crippen LogP) is 5.63. The molecule has 0 amide bonds. The van der Waals surface area contributed by atoms with E-state index in [4.69, 9.17) is 0 Å². The van der Waals surface area contributed by atoms with E-state index >= 15 is 4.39 Å². The number of piperidine rings is 1. The smallest absolute Gasteiger partial charge is 0.211 e. The first-order valence-electron chi connectivity index (χ1n) is 12.1. The maximum Gasteiger partial charge on any atom is 0.211 e. The number of unbranched alkanes of at least 4 members (excludes halogenated alkanes) is 1. The third kappa shape index (κ3) is 4.50. The van der Waals surface area contributed by atoms with E-state index in [1.807, 2.05) is 23.3 Å².